The number of hydrogen-bond donors (Lipinski definition) is 1. The van der Waals surface area contributed by atoms with Gasteiger partial charge in [-0.25, -0.2) is 4.79 Å². The highest BCUT2D eigenvalue weighted by Gasteiger charge is 2.31. The third-order valence-electron chi connectivity index (χ3n) is 4.87. The lowest BCUT2D eigenvalue weighted by Crippen LogP contribution is -2.17. The SMILES string of the molecule is O=C(O)c1ccc(N2N=C(c3ccc4c(c3)OCO4)C[C@@H]2c2cccs2)cc1. The molecule has 0 aliphatic carbocycles. The Labute approximate surface area is 165 Å². The van der Waals surface area contributed by atoms with Gasteiger partial charge in [-0.1, -0.05) is 6.07 Å². The summed E-state index contributed by atoms with van der Waals surface area (Å²) in [5.74, 6) is 0.544. The topological polar surface area (TPSA) is 71.4 Å². The van der Waals surface area contributed by atoms with E-state index >= 15 is 0 Å². The minimum absolute atomic E-state index is 0.0658. The summed E-state index contributed by atoms with van der Waals surface area (Å²) < 4.78 is 10.9. The van der Waals surface area contributed by atoms with Gasteiger partial charge in [0, 0.05) is 16.9 Å². The van der Waals surface area contributed by atoms with E-state index in [1.165, 1.54) is 4.88 Å². The van der Waals surface area contributed by atoms with Crippen molar-refractivity contribution in [2.75, 3.05) is 11.8 Å². The molecule has 0 amide bonds. The fraction of sp³-hybridized carbons (Fsp3) is 0.143. The largest absolute Gasteiger partial charge is 0.478 e. The fourth-order valence-corrected chi connectivity index (χ4v) is 4.27. The van der Waals surface area contributed by atoms with Crippen LogP contribution in [0.15, 0.2) is 65.1 Å². The monoisotopic (exact) mass is 392 g/mol. The molecule has 0 spiro atoms. The number of anilines is 1. The number of rotatable bonds is 4. The standard InChI is InChI=1S/C21H16N2O4S/c24-21(25)13-3-6-15(7-4-13)23-17(20-2-1-9-28-20)11-16(22-23)14-5-8-18-19(10-14)27-12-26-18/h1-10,17H,11-12H2,(H,24,25)/t17-/m1/s1. The number of carboxylic acid groups (broad SMARTS) is 1. The highest BCUT2D eigenvalue weighted by Crippen LogP contribution is 2.40. The van der Waals surface area contributed by atoms with Crippen LogP contribution in [0.4, 0.5) is 5.69 Å². The van der Waals surface area contributed by atoms with Crippen LogP contribution in [0.2, 0.25) is 0 Å². The average molecular weight is 392 g/mol. The van der Waals surface area contributed by atoms with Crippen molar-refractivity contribution in [3.63, 3.8) is 0 Å². The zero-order valence-corrected chi connectivity index (χ0v) is 15.6. The maximum Gasteiger partial charge on any atom is 0.335 e. The average Bonchev–Trinajstić information content (AvgIpc) is 3.47. The molecule has 3 heterocycles. The molecule has 0 fully saturated rings. The van der Waals surface area contributed by atoms with Crippen molar-refractivity contribution in [1.29, 1.82) is 0 Å². The minimum Gasteiger partial charge on any atom is -0.478 e. The van der Waals surface area contributed by atoms with Crippen LogP contribution in [0, 0.1) is 0 Å². The predicted octanol–water partition coefficient (Wildman–Crippen LogP) is 4.53. The molecule has 0 unspecified atom stereocenters. The van der Waals surface area contributed by atoms with Crippen LogP contribution >= 0.6 is 11.3 Å². The van der Waals surface area contributed by atoms with Crippen LogP contribution in [0.3, 0.4) is 0 Å². The van der Waals surface area contributed by atoms with Crippen LogP contribution in [0.25, 0.3) is 0 Å². The van der Waals surface area contributed by atoms with Gasteiger partial charge in [-0.2, -0.15) is 5.10 Å². The van der Waals surface area contributed by atoms with E-state index in [2.05, 4.69) is 11.4 Å². The van der Waals surface area contributed by atoms with Gasteiger partial charge in [0.15, 0.2) is 11.5 Å². The lowest BCUT2D eigenvalue weighted by Gasteiger charge is -2.22. The Balaban J connectivity index is 1.52. The molecule has 0 saturated heterocycles. The summed E-state index contributed by atoms with van der Waals surface area (Å²) >= 11 is 1.69. The smallest absolute Gasteiger partial charge is 0.335 e. The summed E-state index contributed by atoms with van der Waals surface area (Å²) in [4.78, 5) is 12.4. The molecule has 0 radical (unpaired) electrons. The predicted molar refractivity (Wildman–Crippen MR) is 107 cm³/mol. The van der Waals surface area contributed by atoms with E-state index in [4.69, 9.17) is 19.7 Å². The highest BCUT2D eigenvalue weighted by atomic mass is 32.1. The molecule has 1 atom stereocenters. The number of carboxylic acids is 1. The van der Waals surface area contributed by atoms with Gasteiger partial charge in [0.1, 0.15) is 0 Å². The van der Waals surface area contributed by atoms with Gasteiger partial charge in [-0.15, -0.1) is 11.3 Å². The molecule has 3 aromatic rings. The van der Waals surface area contributed by atoms with Crippen molar-refractivity contribution < 1.29 is 19.4 Å². The van der Waals surface area contributed by atoms with E-state index in [9.17, 15) is 4.79 Å². The van der Waals surface area contributed by atoms with Crippen LogP contribution in [-0.2, 0) is 0 Å². The van der Waals surface area contributed by atoms with Crippen molar-refractivity contribution in [2.45, 2.75) is 12.5 Å². The Morgan fingerprint density at radius 1 is 1.11 bits per heavy atom. The molecule has 5 rings (SSSR count). The molecule has 28 heavy (non-hydrogen) atoms. The third-order valence-corrected chi connectivity index (χ3v) is 5.84. The molecular weight excluding hydrogens is 376 g/mol. The van der Waals surface area contributed by atoms with Crippen molar-refractivity contribution in [3.8, 4) is 11.5 Å². The van der Waals surface area contributed by atoms with Crippen molar-refractivity contribution >= 4 is 28.7 Å². The number of benzene rings is 2. The maximum absolute atomic E-state index is 11.2. The van der Waals surface area contributed by atoms with Crippen LogP contribution in [0.5, 0.6) is 11.5 Å². The number of carbonyl (C=O) groups is 1. The van der Waals surface area contributed by atoms with E-state index in [0.717, 1.165) is 34.9 Å². The third kappa shape index (κ3) is 2.90. The van der Waals surface area contributed by atoms with E-state index in [1.807, 2.05) is 29.3 Å². The van der Waals surface area contributed by atoms with E-state index in [1.54, 1.807) is 35.6 Å². The fourth-order valence-electron chi connectivity index (χ4n) is 3.46. The number of fused-ring (bicyclic) bond motifs is 1. The summed E-state index contributed by atoms with van der Waals surface area (Å²) in [5, 5.41) is 18.1. The number of thiophene rings is 1. The first-order valence-electron chi connectivity index (χ1n) is 8.82. The first kappa shape index (κ1) is 16.8. The second-order valence-electron chi connectivity index (χ2n) is 6.55. The Kier molecular flexibility index (Phi) is 4.02. The summed E-state index contributed by atoms with van der Waals surface area (Å²) in [6.07, 6.45) is 0.751. The number of aromatic carboxylic acids is 1. The van der Waals surface area contributed by atoms with E-state index in [-0.39, 0.29) is 18.4 Å². The van der Waals surface area contributed by atoms with Gasteiger partial charge >= 0.3 is 5.97 Å². The highest BCUT2D eigenvalue weighted by molar-refractivity contribution is 7.10. The molecule has 2 aliphatic heterocycles. The van der Waals surface area contributed by atoms with E-state index in [0.29, 0.717) is 0 Å². The number of ether oxygens (including phenoxy) is 2. The number of hydrazone groups is 1. The molecule has 0 saturated carbocycles. The van der Waals surface area contributed by atoms with Gasteiger partial charge < -0.3 is 14.6 Å². The van der Waals surface area contributed by atoms with Gasteiger partial charge in [0.25, 0.3) is 0 Å². The molecule has 7 heteroatoms. The van der Waals surface area contributed by atoms with Crippen molar-refractivity contribution in [3.05, 3.63) is 76.0 Å². The Morgan fingerprint density at radius 2 is 1.93 bits per heavy atom. The van der Waals surface area contributed by atoms with Crippen LogP contribution in [-0.4, -0.2) is 23.6 Å². The Bertz CT molecular complexity index is 1060. The molecule has 6 nitrogen and oxygen atoms in total. The van der Waals surface area contributed by atoms with Gasteiger partial charge in [-0.3, -0.25) is 5.01 Å². The van der Waals surface area contributed by atoms with Gasteiger partial charge in [0.2, 0.25) is 6.79 Å². The molecule has 1 N–H and O–H groups in total. The van der Waals surface area contributed by atoms with Crippen LogP contribution in [0.1, 0.15) is 33.3 Å². The maximum atomic E-state index is 11.2. The number of nitrogens with zero attached hydrogens (tertiary/aromatic N) is 2. The lowest BCUT2D eigenvalue weighted by atomic mass is 10.0. The molecule has 0 bridgehead atoms. The molecular formula is C21H16N2O4S. The summed E-state index contributed by atoms with van der Waals surface area (Å²) in [6, 6.07) is 16.9. The lowest BCUT2D eigenvalue weighted by molar-refractivity contribution is 0.0697. The van der Waals surface area contributed by atoms with Gasteiger partial charge in [0.05, 0.1) is 23.0 Å². The second kappa shape index (κ2) is 6.69. The molecule has 2 aliphatic rings. The van der Waals surface area contributed by atoms with E-state index < -0.39 is 5.97 Å². The second-order valence-corrected chi connectivity index (χ2v) is 7.53. The first-order chi connectivity index (χ1) is 13.7. The molecule has 2 aromatic carbocycles. The zero-order chi connectivity index (χ0) is 19.1. The molecule has 140 valence electrons. The summed E-state index contributed by atoms with van der Waals surface area (Å²) in [5.41, 5.74) is 3.07. The van der Waals surface area contributed by atoms with Crippen LogP contribution < -0.4 is 14.5 Å². The summed E-state index contributed by atoms with van der Waals surface area (Å²) in [7, 11) is 0. The minimum atomic E-state index is -0.938. The number of hydrogen-bond acceptors (Lipinski definition) is 6. The molecule has 1 aromatic heterocycles. The zero-order valence-electron chi connectivity index (χ0n) is 14.7. The quantitative estimate of drug-likeness (QED) is 0.706. The van der Waals surface area contributed by atoms with Crippen molar-refractivity contribution in [2.24, 2.45) is 5.10 Å². The normalized spacial score (nSPS) is 17.6. The Morgan fingerprint density at radius 3 is 2.68 bits per heavy atom. The summed E-state index contributed by atoms with van der Waals surface area (Å²) in [6.45, 7) is 0.241. The van der Waals surface area contributed by atoms with Crippen molar-refractivity contribution in [1.82, 2.24) is 0 Å². The first-order valence-corrected chi connectivity index (χ1v) is 9.70. The Hall–Kier alpha value is -3.32. The van der Waals surface area contributed by atoms with Gasteiger partial charge in [-0.05, 0) is 53.9 Å².